The number of aromatic nitrogens is 1. The fourth-order valence-electron chi connectivity index (χ4n) is 2.37. The van der Waals surface area contributed by atoms with Crippen molar-refractivity contribution in [3.63, 3.8) is 0 Å². The highest BCUT2D eigenvalue weighted by Crippen LogP contribution is 2.17. The summed E-state index contributed by atoms with van der Waals surface area (Å²) >= 11 is 0. The Morgan fingerprint density at radius 3 is 2.52 bits per heavy atom. The van der Waals surface area contributed by atoms with Gasteiger partial charge in [0.1, 0.15) is 18.1 Å². The number of rotatable bonds is 8. The molecule has 0 bridgehead atoms. The van der Waals surface area contributed by atoms with E-state index in [9.17, 15) is 0 Å². The predicted octanol–water partition coefficient (Wildman–Crippen LogP) is 3.25. The quantitative estimate of drug-likeness (QED) is 0.810. The molecule has 0 aliphatic rings. The molecule has 114 valence electrons. The molecule has 2 rings (SSSR count). The summed E-state index contributed by atoms with van der Waals surface area (Å²) in [6, 6.07) is 12.3. The third-order valence-electron chi connectivity index (χ3n) is 3.48. The number of nitrogens with one attached hydrogen (secondary N) is 1. The fraction of sp³-hybridized carbons (Fsp3) is 0.412. The third-order valence-corrected chi connectivity index (χ3v) is 3.48. The Labute approximate surface area is 126 Å². The van der Waals surface area contributed by atoms with Crippen molar-refractivity contribution in [1.29, 1.82) is 0 Å². The number of methoxy groups -OCH3 is 1. The molecule has 0 spiro atoms. The molecule has 1 aromatic heterocycles. The minimum atomic E-state index is 0.353. The van der Waals surface area contributed by atoms with Crippen LogP contribution in [0.25, 0.3) is 0 Å². The van der Waals surface area contributed by atoms with Gasteiger partial charge in [-0.1, -0.05) is 6.92 Å². The molecule has 1 aromatic carbocycles. The smallest absolute Gasteiger partial charge is 0.119 e. The van der Waals surface area contributed by atoms with Gasteiger partial charge < -0.3 is 19.4 Å². The Balaban J connectivity index is 1.87. The monoisotopic (exact) mass is 288 g/mol. The molecule has 4 nitrogen and oxygen atoms in total. The molecule has 4 heteroatoms. The number of hydrogen-bond acceptors (Lipinski definition) is 3. The van der Waals surface area contributed by atoms with Gasteiger partial charge in [0.15, 0.2) is 0 Å². The van der Waals surface area contributed by atoms with Gasteiger partial charge in [-0.2, -0.15) is 0 Å². The molecule has 1 atom stereocenters. The SMILES string of the molecule is CCNC(C)c1cccn1CCOc1ccc(OC)cc1. The summed E-state index contributed by atoms with van der Waals surface area (Å²) in [7, 11) is 1.66. The zero-order chi connectivity index (χ0) is 15.1. The van der Waals surface area contributed by atoms with Crippen molar-refractivity contribution in [2.24, 2.45) is 0 Å². The van der Waals surface area contributed by atoms with E-state index in [1.807, 2.05) is 24.3 Å². The molecule has 0 saturated carbocycles. The van der Waals surface area contributed by atoms with Gasteiger partial charge in [0.25, 0.3) is 0 Å². The molecule has 0 aliphatic heterocycles. The lowest BCUT2D eigenvalue weighted by Crippen LogP contribution is -2.21. The lowest BCUT2D eigenvalue weighted by molar-refractivity contribution is 0.294. The van der Waals surface area contributed by atoms with Gasteiger partial charge in [-0.3, -0.25) is 0 Å². The highest BCUT2D eigenvalue weighted by atomic mass is 16.5. The average Bonchev–Trinajstić information content (AvgIpc) is 2.97. The zero-order valence-corrected chi connectivity index (χ0v) is 13.0. The molecular formula is C17H24N2O2. The second kappa shape index (κ2) is 7.74. The second-order valence-electron chi connectivity index (χ2n) is 4.93. The van der Waals surface area contributed by atoms with E-state index in [1.165, 1.54) is 5.69 Å². The topological polar surface area (TPSA) is 35.4 Å². The number of ether oxygens (including phenoxy) is 2. The minimum Gasteiger partial charge on any atom is -0.497 e. The summed E-state index contributed by atoms with van der Waals surface area (Å²) in [5.74, 6) is 1.71. The van der Waals surface area contributed by atoms with Gasteiger partial charge in [-0.25, -0.2) is 0 Å². The zero-order valence-electron chi connectivity index (χ0n) is 13.0. The number of benzene rings is 1. The van der Waals surface area contributed by atoms with Gasteiger partial charge in [0.2, 0.25) is 0 Å². The maximum absolute atomic E-state index is 5.78. The van der Waals surface area contributed by atoms with Crippen molar-refractivity contribution in [3.05, 3.63) is 48.3 Å². The maximum Gasteiger partial charge on any atom is 0.119 e. The molecule has 2 aromatic rings. The van der Waals surface area contributed by atoms with Gasteiger partial charge in [0, 0.05) is 17.9 Å². The van der Waals surface area contributed by atoms with Gasteiger partial charge in [-0.05, 0) is 49.9 Å². The van der Waals surface area contributed by atoms with Crippen molar-refractivity contribution >= 4 is 0 Å². The number of nitrogens with zero attached hydrogens (tertiary/aromatic N) is 1. The van der Waals surface area contributed by atoms with Crippen molar-refractivity contribution in [3.8, 4) is 11.5 Å². The van der Waals surface area contributed by atoms with Gasteiger partial charge in [-0.15, -0.1) is 0 Å². The summed E-state index contributed by atoms with van der Waals surface area (Å²) in [5, 5.41) is 3.43. The van der Waals surface area contributed by atoms with Crippen LogP contribution in [0, 0.1) is 0 Å². The van der Waals surface area contributed by atoms with Gasteiger partial charge >= 0.3 is 0 Å². The van der Waals surface area contributed by atoms with Crippen LogP contribution in [0.1, 0.15) is 25.6 Å². The first kappa shape index (κ1) is 15.4. The lowest BCUT2D eigenvalue weighted by atomic mass is 10.2. The standard InChI is InChI=1S/C17H24N2O2/c1-4-18-14(2)17-6-5-11-19(17)12-13-21-16-9-7-15(20-3)8-10-16/h5-11,14,18H,4,12-13H2,1-3H3. The molecule has 0 saturated heterocycles. The van der Waals surface area contributed by atoms with Crippen LogP contribution in [0.3, 0.4) is 0 Å². The van der Waals surface area contributed by atoms with E-state index < -0.39 is 0 Å². The molecule has 1 heterocycles. The minimum absolute atomic E-state index is 0.353. The van der Waals surface area contributed by atoms with E-state index in [0.717, 1.165) is 24.6 Å². The van der Waals surface area contributed by atoms with Crippen LogP contribution in [0.4, 0.5) is 0 Å². The van der Waals surface area contributed by atoms with E-state index in [1.54, 1.807) is 7.11 Å². The van der Waals surface area contributed by atoms with Crippen LogP contribution in [-0.2, 0) is 6.54 Å². The first-order valence-electron chi connectivity index (χ1n) is 7.40. The van der Waals surface area contributed by atoms with Crippen LogP contribution in [0.15, 0.2) is 42.6 Å². The van der Waals surface area contributed by atoms with Crippen molar-refractivity contribution in [2.75, 3.05) is 20.3 Å². The van der Waals surface area contributed by atoms with Crippen molar-refractivity contribution in [1.82, 2.24) is 9.88 Å². The molecule has 21 heavy (non-hydrogen) atoms. The normalized spacial score (nSPS) is 12.1. The molecule has 0 radical (unpaired) electrons. The van der Waals surface area contributed by atoms with E-state index in [-0.39, 0.29) is 0 Å². The van der Waals surface area contributed by atoms with Crippen LogP contribution in [0.5, 0.6) is 11.5 Å². The second-order valence-corrected chi connectivity index (χ2v) is 4.93. The van der Waals surface area contributed by atoms with E-state index in [4.69, 9.17) is 9.47 Å². The van der Waals surface area contributed by atoms with Crippen LogP contribution in [0.2, 0.25) is 0 Å². The Morgan fingerprint density at radius 1 is 1.14 bits per heavy atom. The predicted molar refractivity (Wildman–Crippen MR) is 85.0 cm³/mol. The molecule has 1 unspecified atom stereocenters. The average molecular weight is 288 g/mol. The van der Waals surface area contributed by atoms with Crippen LogP contribution >= 0.6 is 0 Å². The van der Waals surface area contributed by atoms with Crippen LogP contribution < -0.4 is 14.8 Å². The Morgan fingerprint density at radius 2 is 1.86 bits per heavy atom. The summed E-state index contributed by atoms with van der Waals surface area (Å²) in [6.07, 6.45) is 2.10. The fourth-order valence-corrected chi connectivity index (χ4v) is 2.37. The van der Waals surface area contributed by atoms with E-state index in [2.05, 4.69) is 42.1 Å². The number of hydrogen-bond donors (Lipinski definition) is 1. The summed E-state index contributed by atoms with van der Waals surface area (Å²) < 4.78 is 13.1. The Bertz CT molecular complexity index is 534. The lowest BCUT2D eigenvalue weighted by Gasteiger charge is -2.16. The highest BCUT2D eigenvalue weighted by molar-refractivity contribution is 5.31. The van der Waals surface area contributed by atoms with Crippen molar-refractivity contribution < 1.29 is 9.47 Å². The van der Waals surface area contributed by atoms with E-state index >= 15 is 0 Å². The van der Waals surface area contributed by atoms with E-state index in [0.29, 0.717) is 12.6 Å². The molecule has 0 aliphatic carbocycles. The summed E-state index contributed by atoms with van der Waals surface area (Å²) in [4.78, 5) is 0. The Kier molecular flexibility index (Phi) is 5.69. The maximum atomic E-state index is 5.78. The largest absolute Gasteiger partial charge is 0.497 e. The van der Waals surface area contributed by atoms with Crippen molar-refractivity contribution in [2.45, 2.75) is 26.4 Å². The van der Waals surface area contributed by atoms with Gasteiger partial charge in [0.05, 0.1) is 13.7 Å². The molecular weight excluding hydrogens is 264 g/mol. The Hall–Kier alpha value is -1.94. The summed E-state index contributed by atoms with van der Waals surface area (Å²) in [5.41, 5.74) is 1.29. The molecule has 0 amide bonds. The first-order valence-corrected chi connectivity index (χ1v) is 7.40. The first-order chi connectivity index (χ1) is 10.2. The highest BCUT2D eigenvalue weighted by Gasteiger charge is 2.08. The van der Waals surface area contributed by atoms with Crippen LogP contribution in [-0.4, -0.2) is 24.8 Å². The summed E-state index contributed by atoms with van der Waals surface area (Å²) in [6.45, 7) is 6.75. The third kappa shape index (κ3) is 4.26. The molecule has 1 N–H and O–H groups in total. The molecule has 0 fully saturated rings.